The largest absolute Gasteiger partial charge is 0.508 e. The predicted octanol–water partition coefficient (Wildman–Crippen LogP) is 5.18. The Morgan fingerprint density at radius 1 is 1.29 bits per heavy atom. The molecule has 1 aromatic heterocycles. The van der Waals surface area contributed by atoms with Crippen molar-refractivity contribution in [2.45, 2.75) is 24.7 Å². The van der Waals surface area contributed by atoms with Crippen LogP contribution in [0.3, 0.4) is 0 Å². The summed E-state index contributed by atoms with van der Waals surface area (Å²) < 4.78 is 1.17. The number of phenols is 1. The van der Waals surface area contributed by atoms with Crippen molar-refractivity contribution in [3.8, 4) is 5.75 Å². The van der Waals surface area contributed by atoms with E-state index in [1.165, 1.54) is 32.2 Å². The van der Waals surface area contributed by atoms with Gasteiger partial charge in [-0.1, -0.05) is 40.2 Å². The summed E-state index contributed by atoms with van der Waals surface area (Å²) >= 11 is 3.77. The van der Waals surface area contributed by atoms with Crippen LogP contribution in [0.4, 0.5) is 0 Å². The molecule has 1 aliphatic heterocycles. The zero-order valence-corrected chi connectivity index (χ0v) is 17.5. The first-order valence-electron chi connectivity index (χ1n) is 10.0. The van der Waals surface area contributed by atoms with E-state index >= 15 is 0 Å². The second-order valence-corrected chi connectivity index (χ2v) is 9.18. The van der Waals surface area contributed by atoms with Gasteiger partial charge in [-0.05, 0) is 67.1 Å². The van der Waals surface area contributed by atoms with Crippen LogP contribution in [0, 0.1) is 5.92 Å². The first-order chi connectivity index (χ1) is 13.6. The molecule has 1 fully saturated rings. The number of H-pyrrole nitrogens is 1. The molecule has 3 nitrogen and oxygen atoms in total. The fourth-order valence-corrected chi connectivity index (χ4v) is 6.15. The summed E-state index contributed by atoms with van der Waals surface area (Å²) in [7, 11) is 0. The van der Waals surface area contributed by atoms with Gasteiger partial charge in [0.2, 0.25) is 0 Å². The van der Waals surface area contributed by atoms with E-state index in [0.717, 1.165) is 38.9 Å². The minimum Gasteiger partial charge on any atom is -0.508 e. The number of nitrogens with one attached hydrogen (secondary N) is 1. The van der Waals surface area contributed by atoms with Gasteiger partial charge >= 0.3 is 0 Å². The normalized spacial score (nSPS) is 24.7. The summed E-state index contributed by atoms with van der Waals surface area (Å²) in [6.45, 7) is 7.02. The first kappa shape index (κ1) is 18.0. The number of hydrogen-bond acceptors (Lipinski definition) is 2. The van der Waals surface area contributed by atoms with Gasteiger partial charge in [0.05, 0.1) is 0 Å². The molecule has 0 spiro atoms. The number of phenolic OH excluding ortho intramolecular Hbond substituents is 1. The van der Waals surface area contributed by atoms with Crippen molar-refractivity contribution in [2.75, 3.05) is 19.6 Å². The van der Waals surface area contributed by atoms with E-state index < -0.39 is 0 Å². The van der Waals surface area contributed by atoms with Crippen LogP contribution in [-0.2, 0) is 18.3 Å². The van der Waals surface area contributed by atoms with E-state index in [2.05, 4.69) is 56.7 Å². The lowest BCUT2D eigenvalue weighted by Crippen LogP contribution is -2.53. The van der Waals surface area contributed by atoms with E-state index in [9.17, 15) is 5.11 Å². The van der Waals surface area contributed by atoms with Gasteiger partial charge in [-0.15, -0.1) is 6.58 Å². The second-order valence-electron chi connectivity index (χ2n) is 8.33. The van der Waals surface area contributed by atoms with Crippen LogP contribution in [0.2, 0.25) is 0 Å². The number of hydrogen-bond donors (Lipinski definition) is 2. The van der Waals surface area contributed by atoms with Crippen molar-refractivity contribution in [3.63, 3.8) is 0 Å². The molecule has 5 rings (SSSR count). The fraction of sp³-hybridized carbons (Fsp3) is 0.333. The quantitative estimate of drug-likeness (QED) is 0.555. The molecule has 28 heavy (non-hydrogen) atoms. The van der Waals surface area contributed by atoms with Crippen molar-refractivity contribution in [1.29, 1.82) is 0 Å². The summed E-state index contributed by atoms with van der Waals surface area (Å²) in [5.41, 5.74) is 5.38. The SMILES string of the molecule is C=CCN1CC[C@]2(c3cccc(O)c3)Cc3[nH]c4cccc(Br)c4c3CC2C1. The Morgan fingerprint density at radius 2 is 2.14 bits per heavy atom. The molecule has 1 aliphatic carbocycles. The third kappa shape index (κ3) is 2.73. The van der Waals surface area contributed by atoms with Crippen molar-refractivity contribution in [2.24, 2.45) is 5.92 Å². The third-order valence-corrected chi connectivity index (χ3v) is 7.51. The van der Waals surface area contributed by atoms with Crippen molar-refractivity contribution in [3.05, 3.63) is 76.4 Å². The number of piperidine rings is 1. The zero-order chi connectivity index (χ0) is 19.3. The molecular weight excluding hydrogens is 412 g/mol. The molecule has 0 bridgehead atoms. The summed E-state index contributed by atoms with van der Waals surface area (Å²) in [6.07, 6.45) is 5.17. The van der Waals surface area contributed by atoms with Gasteiger partial charge in [-0.2, -0.15) is 0 Å². The highest BCUT2D eigenvalue weighted by Crippen LogP contribution is 2.50. The number of aromatic hydroxyl groups is 1. The summed E-state index contributed by atoms with van der Waals surface area (Å²) in [4.78, 5) is 6.23. The Labute approximate surface area is 174 Å². The molecule has 3 aromatic rings. The van der Waals surface area contributed by atoms with Crippen LogP contribution in [0.15, 0.2) is 59.6 Å². The van der Waals surface area contributed by atoms with E-state index in [1.807, 2.05) is 18.2 Å². The Balaban J connectivity index is 1.65. The van der Waals surface area contributed by atoms with Crippen molar-refractivity contribution in [1.82, 2.24) is 9.88 Å². The smallest absolute Gasteiger partial charge is 0.115 e. The predicted molar refractivity (Wildman–Crippen MR) is 118 cm³/mol. The number of likely N-dealkylation sites (tertiary alicyclic amines) is 1. The van der Waals surface area contributed by atoms with Crippen LogP contribution in [0.1, 0.15) is 23.2 Å². The van der Waals surface area contributed by atoms with E-state index in [-0.39, 0.29) is 5.41 Å². The monoisotopic (exact) mass is 436 g/mol. The van der Waals surface area contributed by atoms with Crippen LogP contribution < -0.4 is 0 Å². The third-order valence-electron chi connectivity index (χ3n) is 6.85. The van der Waals surface area contributed by atoms with E-state index in [1.54, 1.807) is 6.07 Å². The summed E-state index contributed by atoms with van der Waals surface area (Å²) in [5.74, 6) is 0.881. The van der Waals surface area contributed by atoms with Gasteiger partial charge in [0.1, 0.15) is 5.75 Å². The molecule has 4 heteroatoms. The zero-order valence-electron chi connectivity index (χ0n) is 15.9. The maximum absolute atomic E-state index is 10.2. The Kier molecular flexibility index (Phi) is 4.37. The molecule has 0 amide bonds. The molecule has 2 atom stereocenters. The number of aromatic amines is 1. The summed E-state index contributed by atoms with van der Waals surface area (Å²) in [6, 6.07) is 14.4. The summed E-state index contributed by atoms with van der Waals surface area (Å²) in [5, 5.41) is 11.5. The van der Waals surface area contributed by atoms with Crippen LogP contribution in [0.25, 0.3) is 10.9 Å². The molecule has 1 unspecified atom stereocenters. The molecule has 144 valence electrons. The molecule has 2 heterocycles. The van der Waals surface area contributed by atoms with Gasteiger partial charge in [-0.25, -0.2) is 0 Å². The number of aromatic nitrogens is 1. The molecule has 2 aromatic carbocycles. The van der Waals surface area contributed by atoms with Gasteiger partial charge in [0.25, 0.3) is 0 Å². The fourth-order valence-electron chi connectivity index (χ4n) is 5.54. The number of fused-ring (bicyclic) bond motifs is 4. The molecule has 0 saturated carbocycles. The molecule has 0 radical (unpaired) electrons. The Hall–Kier alpha value is -2.04. The lowest BCUT2D eigenvalue weighted by Gasteiger charge is -2.51. The maximum Gasteiger partial charge on any atom is 0.115 e. The van der Waals surface area contributed by atoms with Crippen LogP contribution >= 0.6 is 15.9 Å². The van der Waals surface area contributed by atoms with E-state index in [4.69, 9.17) is 0 Å². The highest BCUT2D eigenvalue weighted by Gasteiger charge is 2.48. The lowest BCUT2D eigenvalue weighted by molar-refractivity contribution is 0.0896. The van der Waals surface area contributed by atoms with E-state index in [0.29, 0.717) is 11.7 Å². The van der Waals surface area contributed by atoms with Gasteiger partial charge in [-0.3, -0.25) is 4.90 Å². The Morgan fingerprint density at radius 3 is 2.96 bits per heavy atom. The molecular formula is C24H25BrN2O. The number of halogens is 1. The number of rotatable bonds is 3. The molecule has 2 N–H and O–H groups in total. The lowest BCUT2D eigenvalue weighted by atomic mass is 9.58. The van der Waals surface area contributed by atoms with Gasteiger partial charge in [0.15, 0.2) is 0 Å². The first-order valence-corrected chi connectivity index (χ1v) is 10.8. The number of nitrogens with zero attached hydrogens (tertiary/aromatic N) is 1. The highest BCUT2D eigenvalue weighted by molar-refractivity contribution is 9.10. The van der Waals surface area contributed by atoms with Crippen molar-refractivity contribution >= 4 is 26.8 Å². The number of benzene rings is 2. The Bertz CT molecular complexity index is 1060. The minimum absolute atomic E-state index is 0.0662. The minimum atomic E-state index is 0.0662. The highest BCUT2D eigenvalue weighted by atomic mass is 79.9. The molecule has 2 aliphatic rings. The van der Waals surface area contributed by atoms with Gasteiger partial charge in [0, 0.05) is 39.6 Å². The van der Waals surface area contributed by atoms with Crippen molar-refractivity contribution < 1.29 is 5.11 Å². The molecule has 1 saturated heterocycles. The average Bonchev–Trinajstić information content (AvgIpc) is 3.04. The second kappa shape index (κ2) is 6.78. The topological polar surface area (TPSA) is 39.3 Å². The maximum atomic E-state index is 10.2. The van der Waals surface area contributed by atoms with Crippen LogP contribution in [-0.4, -0.2) is 34.6 Å². The standard InChI is InChI=1S/C24H25BrN2O/c1-2-10-27-11-9-24(16-5-3-6-18(28)12-16)14-22-19(13-17(24)15-27)23-20(25)7-4-8-21(23)26-22/h2-8,12,17,26,28H,1,9-11,13-15H2/t17?,24-/m1/s1. The average molecular weight is 437 g/mol. The van der Waals surface area contributed by atoms with Gasteiger partial charge < -0.3 is 10.1 Å². The van der Waals surface area contributed by atoms with Crippen LogP contribution in [0.5, 0.6) is 5.75 Å².